The molecule has 0 aromatic carbocycles. The molecule has 2 rings (SSSR count). The smallest absolute Gasteiger partial charge is 0.129 e. The first-order valence-corrected chi connectivity index (χ1v) is 5.68. The lowest BCUT2D eigenvalue weighted by Crippen LogP contribution is -2.02. The third-order valence-electron chi connectivity index (χ3n) is 2.24. The molecule has 0 radical (unpaired) electrons. The van der Waals surface area contributed by atoms with Crippen LogP contribution in [0.2, 0.25) is 0 Å². The Labute approximate surface area is 101 Å². The first-order chi connectivity index (χ1) is 8.38. The second-order valence-electron chi connectivity index (χ2n) is 3.62. The van der Waals surface area contributed by atoms with Gasteiger partial charge in [0, 0.05) is 6.54 Å². The summed E-state index contributed by atoms with van der Waals surface area (Å²) in [5.41, 5.74) is 0.912. The summed E-state index contributed by atoms with van der Waals surface area (Å²) in [5.74, 6) is 1.71. The molecule has 0 unspecified atom stereocenters. The number of anilines is 1. The molecule has 2 heterocycles. The Morgan fingerprint density at radius 1 is 1.24 bits per heavy atom. The molecule has 0 aliphatic rings. The zero-order valence-electron chi connectivity index (χ0n) is 9.85. The minimum atomic E-state index is 0.472. The summed E-state index contributed by atoms with van der Waals surface area (Å²) in [7, 11) is 0. The van der Waals surface area contributed by atoms with Crippen LogP contribution in [0.1, 0.15) is 18.4 Å². The molecular formula is C13H16N2O2. The Morgan fingerprint density at radius 3 is 2.94 bits per heavy atom. The van der Waals surface area contributed by atoms with Gasteiger partial charge in [-0.15, -0.1) is 0 Å². The first-order valence-electron chi connectivity index (χ1n) is 5.68. The molecule has 4 heteroatoms. The molecule has 17 heavy (non-hydrogen) atoms. The van der Waals surface area contributed by atoms with E-state index < -0.39 is 0 Å². The maximum Gasteiger partial charge on any atom is 0.129 e. The number of ether oxygens (including phenoxy) is 1. The summed E-state index contributed by atoms with van der Waals surface area (Å²) >= 11 is 0. The van der Waals surface area contributed by atoms with Crippen LogP contribution in [0, 0.1) is 0 Å². The Morgan fingerprint density at radius 2 is 2.18 bits per heavy atom. The van der Waals surface area contributed by atoms with Gasteiger partial charge in [-0.25, -0.2) is 4.98 Å². The van der Waals surface area contributed by atoms with Gasteiger partial charge in [-0.1, -0.05) is 6.07 Å². The summed E-state index contributed by atoms with van der Waals surface area (Å²) in [5, 5.41) is 3.17. The molecule has 0 saturated heterocycles. The van der Waals surface area contributed by atoms with Crippen LogP contribution in [-0.2, 0) is 18.0 Å². The predicted octanol–water partition coefficient (Wildman–Crippen LogP) is 2.82. The average Bonchev–Trinajstić information content (AvgIpc) is 2.83. The summed E-state index contributed by atoms with van der Waals surface area (Å²) in [6.07, 6.45) is 1.64. The lowest BCUT2D eigenvalue weighted by molar-refractivity contribution is 0.0907. The van der Waals surface area contributed by atoms with Crippen LogP contribution >= 0.6 is 0 Å². The number of rotatable bonds is 6. The topological polar surface area (TPSA) is 47.3 Å². The van der Waals surface area contributed by atoms with Crippen molar-refractivity contribution in [2.24, 2.45) is 0 Å². The molecule has 2 aromatic heterocycles. The summed E-state index contributed by atoms with van der Waals surface area (Å²) in [4.78, 5) is 4.41. The van der Waals surface area contributed by atoms with E-state index in [2.05, 4.69) is 10.3 Å². The van der Waals surface area contributed by atoms with Crippen molar-refractivity contribution in [3.05, 3.63) is 48.0 Å². The minimum absolute atomic E-state index is 0.472. The van der Waals surface area contributed by atoms with Crippen LogP contribution in [-0.4, -0.2) is 11.5 Å². The van der Waals surface area contributed by atoms with E-state index in [0.29, 0.717) is 13.2 Å². The molecule has 0 atom stereocenters. The van der Waals surface area contributed by atoms with Crippen LogP contribution in [0.4, 0.5) is 5.82 Å². The molecule has 0 fully saturated rings. The van der Waals surface area contributed by atoms with Gasteiger partial charge >= 0.3 is 0 Å². The van der Waals surface area contributed by atoms with Gasteiger partial charge in [0.1, 0.15) is 18.2 Å². The van der Waals surface area contributed by atoms with E-state index in [1.807, 2.05) is 37.3 Å². The Hall–Kier alpha value is -1.81. The maximum absolute atomic E-state index is 5.51. The van der Waals surface area contributed by atoms with Gasteiger partial charge in [-0.3, -0.25) is 0 Å². The Bertz CT molecular complexity index is 440. The highest BCUT2D eigenvalue weighted by atomic mass is 16.5. The monoisotopic (exact) mass is 232 g/mol. The van der Waals surface area contributed by atoms with E-state index in [1.54, 1.807) is 6.26 Å². The van der Waals surface area contributed by atoms with Gasteiger partial charge < -0.3 is 14.5 Å². The number of nitrogens with zero attached hydrogens (tertiary/aromatic N) is 1. The zero-order chi connectivity index (χ0) is 11.9. The molecule has 4 nitrogen and oxygen atoms in total. The zero-order valence-corrected chi connectivity index (χ0v) is 9.85. The maximum atomic E-state index is 5.51. The van der Waals surface area contributed by atoms with Crippen molar-refractivity contribution in [1.82, 2.24) is 4.98 Å². The highest BCUT2D eigenvalue weighted by molar-refractivity contribution is 5.34. The molecule has 0 saturated carbocycles. The van der Waals surface area contributed by atoms with E-state index in [-0.39, 0.29) is 0 Å². The summed E-state index contributed by atoms with van der Waals surface area (Å²) < 4.78 is 10.7. The van der Waals surface area contributed by atoms with E-state index in [4.69, 9.17) is 9.15 Å². The second-order valence-corrected chi connectivity index (χ2v) is 3.62. The highest BCUT2D eigenvalue weighted by Gasteiger charge is 1.99. The normalized spacial score (nSPS) is 10.4. The molecule has 0 aliphatic heterocycles. The van der Waals surface area contributed by atoms with Gasteiger partial charge in [0.2, 0.25) is 0 Å². The molecule has 0 aliphatic carbocycles. The van der Waals surface area contributed by atoms with E-state index in [1.165, 1.54) is 0 Å². The van der Waals surface area contributed by atoms with Crippen LogP contribution < -0.4 is 5.32 Å². The quantitative estimate of drug-likeness (QED) is 0.832. The second kappa shape index (κ2) is 6.06. The predicted molar refractivity (Wildman–Crippen MR) is 65.6 cm³/mol. The fraction of sp³-hybridized carbons (Fsp3) is 0.308. The summed E-state index contributed by atoms with van der Waals surface area (Å²) in [6.45, 7) is 3.87. The van der Waals surface area contributed by atoms with Crippen LogP contribution in [0.15, 0.2) is 41.0 Å². The SMILES string of the molecule is CCNc1cccc(COCc2ccco2)n1. The van der Waals surface area contributed by atoms with Crippen molar-refractivity contribution in [3.63, 3.8) is 0 Å². The number of pyridine rings is 1. The molecule has 2 aromatic rings. The van der Waals surface area contributed by atoms with Gasteiger partial charge in [0.25, 0.3) is 0 Å². The highest BCUT2D eigenvalue weighted by Crippen LogP contribution is 2.08. The van der Waals surface area contributed by atoms with Gasteiger partial charge in [-0.05, 0) is 31.2 Å². The Kier molecular flexibility index (Phi) is 4.16. The van der Waals surface area contributed by atoms with Crippen molar-refractivity contribution in [2.45, 2.75) is 20.1 Å². The van der Waals surface area contributed by atoms with Crippen LogP contribution in [0.3, 0.4) is 0 Å². The number of furan rings is 1. The Balaban J connectivity index is 1.84. The van der Waals surface area contributed by atoms with Crippen molar-refractivity contribution in [3.8, 4) is 0 Å². The fourth-order valence-corrected chi connectivity index (χ4v) is 1.49. The van der Waals surface area contributed by atoms with Gasteiger partial charge in [0.05, 0.1) is 18.6 Å². The number of aromatic nitrogens is 1. The standard InChI is InChI=1S/C13H16N2O2/c1-2-14-13-7-3-5-11(15-13)9-16-10-12-6-4-8-17-12/h3-8H,2,9-10H2,1H3,(H,14,15). The van der Waals surface area contributed by atoms with E-state index >= 15 is 0 Å². The largest absolute Gasteiger partial charge is 0.467 e. The molecule has 0 amide bonds. The molecule has 1 N–H and O–H groups in total. The van der Waals surface area contributed by atoms with Crippen molar-refractivity contribution in [2.75, 3.05) is 11.9 Å². The van der Waals surface area contributed by atoms with Crippen molar-refractivity contribution >= 4 is 5.82 Å². The summed E-state index contributed by atoms with van der Waals surface area (Å²) in [6, 6.07) is 9.60. The molecule has 0 bridgehead atoms. The third-order valence-corrected chi connectivity index (χ3v) is 2.24. The van der Waals surface area contributed by atoms with Crippen LogP contribution in [0.5, 0.6) is 0 Å². The van der Waals surface area contributed by atoms with E-state index in [9.17, 15) is 0 Å². The molecule has 90 valence electrons. The lowest BCUT2D eigenvalue weighted by atomic mass is 10.3. The first kappa shape index (κ1) is 11.7. The van der Waals surface area contributed by atoms with Gasteiger partial charge in [-0.2, -0.15) is 0 Å². The number of nitrogens with one attached hydrogen (secondary N) is 1. The van der Waals surface area contributed by atoms with Gasteiger partial charge in [0.15, 0.2) is 0 Å². The lowest BCUT2D eigenvalue weighted by Gasteiger charge is -2.05. The fourth-order valence-electron chi connectivity index (χ4n) is 1.49. The number of hydrogen-bond acceptors (Lipinski definition) is 4. The van der Waals surface area contributed by atoms with Crippen LogP contribution in [0.25, 0.3) is 0 Å². The molecular weight excluding hydrogens is 216 g/mol. The average molecular weight is 232 g/mol. The molecule has 0 spiro atoms. The van der Waals surface area contributed by atoms with Crippen molar-refractivity contribution in [1.29, 1.82) is 0 Å². The minimum Gasteiger partial charge on any atom is -0.467 e. The third kappa shape index (κ3) is 3.60. The van der Waals surface area contributed by atoms with Crippen molar-refractivity contribution < 1.29 is 9.15 Å². The number of hydrogen-bond donors (Lipinski definition) is 1. The van der Waals surface area contributed by atoms with E-state index in [0.717, 1.165) is 23.8 Å².